The summed E-state index contributed by atoms with van der Waals surface area (Å²) in [5.41, 5.74) is 0.963. The van der Waals surface area contributed by atoms with Crippen LogP contribution in [0.15, 0.2) is 30.3 Å². The Labute approximate surface area is 150 Å². The van der Waals surface area contributed by atoms with Crippen molar-refractivity contribution in [1.82, 2.24) is 4.90 Å². The smallest absolute Gasteiger partial charge is 0.411 e. The summed E-state index contributed by atoms with van der Waals surface area (Å²) in [7, 11) is 0. The van der Waals surface area contributed by atoms with Crippen LogP contribution in [0.4, 0.5) is 4.79 Å². The van der Waals surface area contributed by atoms with Gasteiger partial charge in [-0.15, -0.1) is 0 Å². The summed E-state index contributed by atoms with van der Waals surface area (Å²) in [5.74, 6) is -0.320. The molecule has 1 saturated heterocycles. The molecule has 1 heterocycles. The molecule has 2 rings (SSSR count). The van der Waals surface area contributed by atoms with Crippen molar-refractivity contribution in [3.63, 3.8) is 0 Å². The van der Waals surface area contributed by atoms with Crippen LogP contribution in [-0.4, -0.2) is 35.7 Å². The van der Waals surface area contributed by atoms with Crippen molar-refractivity contribution in [3.05, 3.63) is 35.9 Å². The lowest BCUT2D eigenvalue weighted by molar-refractivity contribution is -0.150. The number of unbranched alkanes of at least 4 members (excludes halogenated alkanes) is 3. The number of carbonyl (C=O) groups excluding carboxylic acids is 2. The molecule has 1 aromatic carbocycles. The Kier molecular flexibility index (Phi) is 7.29. The molecule has 0 N–H and O–H groups in total. The van der Waals surface area contributed by atoms with Crippen molar-refractivity contribution in [2.24, 2.45) is 5.92 Å². The molecule has 0 aromatic heterocycles. The maximum absolute atomic E-state index is 12.6. The first kappa shape index (κ1) is 19.3. The molecule has 1 aromatic rings. The van der Waals surface area contributed by atoms with Gasteiger partial charge in [0, 0.05) is 0 Å². The molecule has 0 bridgehead atoms. The number of ether oxygens (including phenoxy) is 2. The van der Waals surface area contributed by atoms with Crippen LogP contribution < -0.4 is 0 Å². The van der Waals surface area contributed by atoms with E-state index in [1.807, 2.05) is 44.2 Å². The first-order valence-electron chi connectivity index (χ1n) is 9.22. The molecule has 5 heteroatoms. The van der Waals surface area contributed by atoms with Crippen LogP contribution in [-0.2, 0) is 20.8 Å². The highest BCUT2D eigenvalue weighted by molar-refractivity contribution is 5.85. The molecule has 0 saturated carbocycles. The van der Waals surface area contributed by atoms with E-state index in [0.717, 1.165) is 31.2 Å². The fourth-order valence-electron chi connectivity index (χ4n) is 3.03. The van der Waals surface area contributed by atoms with Gasteiger partial charge in [0.2, 0.25) is 0 Å². The largest absolute Gasteiger partial charge is 0.464 e. The molecule has 0 aliphatic carbocycles. The number of nitrogens with zero attached hydrogens (tertiary/aromatic N) is 1. The van der Waals surface area contributed by atoms with Crippen molar-refractivity contribution in [3.8, 4) is 0 Å². The second-order valence-electron chi connectivity index (χ2n) is 6.88. The Bertz CT molecular complexity index is 558. The van der Waals surface area contributed by atoms with Crippen molar-refractivity contribution in [2.75, 3.05) is 6.61 Å². The third-order valence-corrected chi connectivity index (χ3v) is 4.45. The van der Waals surface area contributed by atoms with Gasteiger partial charge >= 0.3 is 12.1 Å². The molecule has 1 aliphatic heterocycles. The van der Waals surface area contributed by atoms with Crippen LogP contribution in [0.1, 0.15) is 52.0 Å². The first-order valence-corrected chi connectivity index (χ1v) is 9.22. The summed E-state index contributed by atoms with van der Waals surface area (Å²) in [6.07, 6.45) is 3.25. The van der Waals surface area contributed by atoms with Gasteiger partial charge in [0.25, 0.3) is 0 Å². The van der Waals surface area contributed by atoms with Crippen LogP contribution in [0.2, 0.25) is 0 Å². The number of cyclic esters (lactones) is 1. The van der Waals surface area contributed by atoms with Crippen molar-refractivity contribution in [1.29, 1.82) is 0 Å². The van der Waals surface area contributed by atoms with Gasteiger partial charge in [-0.2, -0.15) is 0 Å². The second-order valence-corrected chi connectivity index (χ2v) is 6.88. The van der Waals surface area contributed by atoms with Crippen molar-refractivity contribution < 1.29 is 19.1 Å². The minimum atomic E-state index is -0.682. The maximum atomic E-state index is 12.6. The van der Waals surface area contributed by atoms with Crippen molar-refractivity contribution >= 4 is 12.1 Å². The number of amides is 1. The lowest BCUT2D eigenvalue weighted by Gasteiger charge is -2.24. The van der Waals surface area contributed by atoms with Crippen LogP contribution in [0.25, 0.3) is 0 Å². The van der Waals surface area contributed by atoms with Gasteiger partial charge in [0.1, 0.15) is 6.10 Å². The Morgan fingerprint density at radius 2 is 1.92 bits per heavy atom. The molecular formula is C20H29NO4. The minimum absolute atomic E-state index is 0.0439. The van der Waals surface area contributed by atoms with Gasteiger partial charge in [-0.25, -0.2) is 9.59 Å². The van der Waals surface area contributed by atoms with E-state index in [4.69, 9.17) is 9.47 Å². The Morgan fingerprint density at radius 1 is 1.20 bits per heavy atom. The van der Waals surface area contributed by atoms with Crippen LogP contribution >= 0.6 is 0 Å². The standard InChI is InChI=1S/C20H29NO4/c1-4-5-6-10-13-24-19(22)17-18(15(2)3)25-20(23)21(17)14-16-11-8-7-9-12-16/h7-9,11-12,15,17-18H,4-6,10,13-14H2,1-3H3/t17-,18+/m1/s1. The number of hydrogen-bond acceptors (Lipinski definition) is 4. The number of rotatable bonds is 9. The fourth-order valence-corrected chi connectivity index (χ4v) is 3.03. The Hall–Kier alpha value is -2.04. The molecule has 0 radical (unpaired) electrons. The number of hydrogen-bond donors (Lipinski definition) is 0. The summed E-state index contributed by atoms with van der Waals surface area (Å²) >= 11 is 0. The molecular weight excluding hydrogens is 318 g/mol. The van der Waals surface area contributed by atoms with Gasteiger partial charge in [-0.1, -0.05) is 70.4 Å². The second kappa shape index (κ2) is 9.44. The van der Waals surface area contributed by atoms with E-state index in [1.54, 1.807) is 0 Å². The number of carbonyl (C=O) groups is 2. The quantitative estimate of drug-likeness (QED) is 0.497. The summed E-state index contributed by atoms with van der Waals surface area (Å²) in [6.45, 7) is 6.78. The highest BCUT2D eigenvalue weighted by atomic mass is 16.6. The number of benzene rings is 1. The Morgan fingerprint density at radius 3 is 2.56 bits per heavy atom. The molecule has 1 fully saturated rings. The van der Waals surface area contributed by atoms with E-state index in [-0.39, 0.29) is 11.9 Å². The molecule has 5 nitrogen and oxygen atoms in total. The molecule has 1 amide bonds. The average Bonchev–Trinajstić information content (AvgIpc) is 2.92. The van der Waals surface area contributed by atoms with Gasteiger partial charge < -0.3 is 9.47 Å². The van der Waals surface area contributed by atoms with Crippen LogP contribution in [0.3, 0.4) is 0 Å². The zero-order chi connectivity index (χ0) is 18.2. The monoisotopic (exact) mass is 347 g/mol. The Balaban J connectivity index is 2.04. The van der Waals surface area contributed by atoms with E-state index < -0.39 is 18.2 Å². The fraction of sp³-hybridized carbons (Fsp3) is 0.600. The third-order valence-electron chi connectivity index (χ3n) is 4.45. The van der Waals surface area contributed by atoms with Gasteiger partial charge in [0.05, 0.1) is 13.2 Å². The predicted molar refractivity (Wildman–Crippen MR) is 96.0 cm³/mol. The third kappa shape index (κ3) is 5.21. The summed E-state index contributed by atoms with van der Waals surface area (Å²) in [5, 5.41) is 0. The van der Waals surface area contributed by atoms with E-state index in [2.05, 4.69) is 6.92 Å². The van der Waals surface area contributed by atoms with E-state index in [9.17, 15) is 9.59 Å². The summed E-state index contributed by atoms with van der Waals surface area (Å²) < 4.78 is 10.9. The normalized spacial score (nSPS) is 20.0. The van der Waals surface area contributed by atoms with E-state index >= 15 is 0 Å². The van der Waals surface area contributed by atoms with Gasteiger partial charge in [-0.05, 0) is 17.9 Å². The first-order chi connectivity index (χ1) is 12.0. The molecule has 2 atom stereocenters. The van der Waals surface area contributed by atoms with E-state index in [1.165, 1.54) is 4.90 Å². The zero-order valence-electron chi connectivity index (χ0n) is 15.4. The average molecular weight is 347 g/mol. The lowest BCUT2D eigenvalue weighted by atomic mass is 9.99. The molecule has 138 valence electrons. The summed E-state index contributed by atoms with van der Waals surface area (Å²) in [4.78, 5) is 26.5. The molecule has 0 unspecified atom stereocenters. The lowest BCUT2D eigenvalue weighted by Crippen LogP contribution is -2.45. The van der Waals surface area contributed by atoms with Gasteiger partial charge in [0.15, 0.2) is 6.04 Å². The molecule has 25 heavy (non-hydrogen) atoms. The number of esters is 1. The zero-order valence-corrected chi connectivity index (χ0v) is 15.4. The van der Waals surface area contributed by atoms with Crippen LogP contribution in [0, 0.1) is 5.92 Å². The molecule has 0 spiro atoms. The van der Waals surface area contributed by atoms with Gasteiger partial charge in [-0.3, -0.25) is 4.90 Å². The highest BCUT2D eigenvalue weighted by Crippen LogP contribution is 2.28. The predicted octanol–water partition coefficient (Wildman–Crippen LogP) is 4.16. The summed E-state index contributed by atoms with van der Waals surface area (Å²) in [6, 6.07) is 8.94. The maximum Gasteiger partial charge on any atom is 0.411 e. The molecule has 1 aliphatic rings. The SMILES string of the molecule is CCCCCCOC(=O)[C@H]1[C@H](C(C)C)OC(=O)N1Cc1ccccc1. The minimum Gasteiger partial charge on any atom is -0.464 e. The highest BCUT2D eigenvalue weighted by Gasteiger charge is 2.48. The van der Waals surface area contributed by atoms with E-state index in [0.29, 0.717) is 13.2 Å². The van der Waals surface area contributed by atoms with Crippen molar-refractivity contribution in [2.45, 2.75) is 65.1 Å². The van der Waals surface area contributed by atoms with Crippen LogP contribution in [0.5, 0.6) is 0 Å². The topological polar surface area (TPSA) is 55.8 Å².